The molecule has 0 aliphatic carbocycles. The predicted molar refractivity (Wildman–Crippen MR) is 125 cm³/mol. The maximum Gasteiger partial charge on any atom is 0.433 e. The molecule has 0 saturated heterocycles. The molecule has 0 unspecified atom stereocenters. The maximum absolute atomic E-state index is 14.6. The van der Waals surface area contributed by atoms with E-state index in [2.05, 4.69) is 25.6 Å². The number of hydrogen-bond acceptors (Lipinski definition) is 6. The number of alkyl halides is 3. The third-order valence-corrected chi connectivity index (χ3v) is 5.07. The van der Waals surface area contributed by atoms with Crippen LogP contribution in [-0.4, -0.2) is 35.1 Å². The molecular weight excluding hydrogens is 480 g/mol. The van der Waals surface area contributed by atoms with E-state index in [1.807, 2.05) is 37.2 Å². The number of carbonyl (C=O) groups is 1. The minimum atomic E-state index is -4.55. The summed E-state index contributed by atoms with van der Waals surface area (Å²) in [5.74, 6) is -0.355. The second-order valence-corrected chi connectivity index (χ2v) is 7.88. The van der Waals surface area contributed by atoms with Crippen LogP contribution in [0.3, 0.4) is 0 Å². The Bertz CT molecular complexity index is 1390. The van der Waals surface area contributed by atoms with Gasteiger partial charge < -0.3 is 20.3 Å². The average molecular weight is 500 g/mol. The minimum Gasteiger partial charge on any atom is -0.438 e. The van der Waals surface area contributed by atoms with E-state index >= 15 is 0 Å². The van der Waals surface area contributed by atoms with E-state index in [0.29, 0.717) is 16.5 Å². The molecule has 0 bridgehead atoms. The normalized spacial score (nSPS) is 11.3. The molecule has 2 aromatic carbocycles. The lowest BCUT2D eigenvalue weighted by Crippen LogP contribution is -2.28. The Hall–Kier alpha value is -4.48. The van der Waals surface area contributed by atoms with E-state index in [1.54, 1.807) is 0 Å². The summed E-state index contributed by atoms with van der Waals surface area (Å²) in [6.45, 7) is -0.101. The highest BCUT2D eigenvalue weighted by Crippen LogP contribution is 2.30. The number of carbonyl (C=O) groups excluding carboxylic acids is 1. The van der Waals surface area contributed by atoms with Gasteiger partial charge in [0.25, 0.3) is 0 Å². The quantitative estimate of drug-likeness (QED) is 0.346. The molecule has 12 heteroatoms. The summed E-state index contributed by atoms with van der Waals surface area (Å²) in [7, 11) is 3.81. The number of hydrogen-bond donors (Lipinski definition) is 2. The van der Waals surface area contributed by atoms with E-state index in [-0.39, 0.29) is 23.9 Å². The van der Waals surface area contributed by atoms with Crippen molar-refractivity contribution in [2.24, 2.45) is 0 Å². The minimum absolute atomic E-state index is 0.101. The molecule has 0 atom stereocenters. The number of aromatic nitrogens is 3. The van der Waals surface area contributed by atoms with Gasteiger partial charge in [-0.15, -0.1) is 0 Å². The zero-order valence-corrected chi connectivity index (χ0v) is 19.1. The molecule has 0 saturated carbocycles. The molecule has 0 fully saturated rings. The van der Waals surface area contributed by atoms with E-state index in [0.717, 1.165) is 24.0 Å². The summed E-state index contributed by atoms with van der Waals surface area (Å²) in [5.41, 5.74) is 0.797. The smallest absolute Gasteiger partial charge is 0.433 e. The zero-order chi connectivity index (χ0) is 25.9. The first kappa shape index (κ1) is 24.6. The van der Waals surface area contributed by atoms with E-state index in [9.17, 15) is 22.4 Å². The molecule has 186 valence electrons. The molecule has 0 aliphatic rings. The van der Waals surface area contributed by atoms with Gasteiger partial charge >= 0.3 is 12.2 Å². The third kappa shape index (κ3) is 5.77. The van der Waals surface area contributed by atoms with Crippen LogP contribution in [0.1, 0.15) is 11.3 Å². The molecule has 2 heterocycles. The highest BCUT2D eigenvalue weighted by Gasteiger charge is 2.32. The molecule has 2 N–H and O–H groups in total. The fraction of sp³-hybridized carbons (Fsp3) is 0.167. The number of nitrogens with one attached hydrogen (secondary N) is 2. The van der Waals surface area contributed by atoms with Gasteiger partial charge in [-0.2, -0.15) is 13.2 Å². The van der Waals surface area contributed by atoms with Crippen molar-refractivity contribution in [3.05, 3.63) is 78.1 Å². The lowest BCUT2D eigenvalue weighted by Gasteiger charge is -2.14. The van der Waals surface area contributed by atoms with Crippen molar-refractivity contribution in [1.29, 1.82) is 0 Å². The van der Waals surface area contributed by atoms with Crippen LogP contribution in [0.2, 0.25) is 0 Å². The lowest BCUT2D eigenvalue weighted by atomic mass is 10.2. The monoisotopic (exact) mass is 500 g/mol. The van der Waals surface area contributed by atoms with Crippen molar-refractivity contribution in [2.75, 3.05) is 24.3 Å². The van der Waals surface area contributed by atoms with Gasteiger partial charge in [0.15, 0.2) is 0 Å². The van der Waals surface area contributed by atoms with Crippen molar-refractivity contribution < 1.29 is 27.1 Å². The molecule has 8 nitrogen and oxygen atoms in total. The largest absolute Gasteiger partial charge is 0.438 e. The van der Waals surface area contributed by atoms with Gasteiger partial charge in [0.1, 0.15) is 23.6 Å². The van der Waals surface area contributed by atoms with Crippen LogP contribution in [0.5, 0.6) is 11.6 Å². The maximum atomic E-state index is 14.6. The first-order valence-corrected chi connectivity index (χ1v) is 10.6. The molecule has 4 rings (SSSR count). The molecular formula is C24H20F4N6O2. The van der Waals surface area contributed by atoms with Crippen molar-refractivity contribution >= 4 is 28.3 Å². The van der Waals surface area contributed by atoms with Crippen molar-refractivity contribution in [2.45, 2.75) is 12.7 Å². The number of anilines is 2. The van der Waals surface area contributed by atoms with Gasteiger partial charge in [-0.1, -0.05) is 6.07 Å². The Morgan fingerprint density at radius 1 is 1.03 bits per heavy atom. The number of nitrogens with zero attached hydrogens (tertiary/aromatic N) is 4. The van der Waals surface area contributed by atoms with Crippen molar-refractivity contribution in [3.63, 3.8) is 0 Å². The third-order valence-electron chi connectivity index (χ3n) is 5.07. The zero-order valence-electron chi connectivity index (χ0n) is 19.1. The summed E-state index contributed by atoms with van der Waals surface area (Å²) < 4.78 is 58.1. The molecule has 0 radical (unpaired) electrons. The number of rotatable bonds is 6. The van der Waals surface area contributed by atoms with E-state index in [4.69, 9.17) is 4.74 Å². The van der Waals surface area contributed by atoms with Gasteiger partial charge in [0.05, 0.1) is 16.6 Å². The Morgan fingerprint density at radius 3 is 2.50 bits per heavy atom. The molecule has 2 aromatic heterocycles. The van der Waals surface area contributed by atoms with Gasteiger partial charge in [0.2, 0.25) is 5.88 Å². The average Bonchev–Trinajstić information content (AvgIpc) is 2.84. The highest BCUT2D eigenvalue weighted by molar-refractivity contribution is 5.89. The van der Waals surface area contributed by atoms with Crippen LogP contribution in [0.4, 0.5) is 33.7 Å². The predicted octanol–water partition coefficient (Wildman–Crippen LogP) is 5.36. The summed E-state index contributed by atoms with van der Waals surface area (Å²) in [6.07, 6.45) is -2.19. The van der Waals surface area contributed by atoms with Gasteiger partial charge in [-0.25, -0.2) is 19.2 Å². The van der Waals surface area contributed by atoms with Crippen molar-refractivity contribution in [1.82, 2.24) is 20.3 Å². The molecule has 36 heavy (non-hydrogen) atoms. The summed E-state index contributed by atoms with van der Waals surface area (Å²) >= 11 is 0. The summed E-state index contributed by atoms with van der Waals surface area (Å²) in [5, 5.41) is 5.41. The number of ether oxygens (including phenoxy) is 1. The number of halogens is 4. The Labute approximate surface area is 203 Å². The Balaban J connectivity index is 1.39. The van der Waals surface area contributed by atoms with Crippen LogP contribution in [0.25, 0.3) is 10.9 Å². The number of fused-ring (bicyclic) bond motifs is 1. The topological polar surface area (TPSA) is 92.3 Å². The number of pyridine rings is 1. The highest BCUT2D eigenvalue weighted by atomic mass is 19.4. The Kier molecular flexibility index (Phi) is 6.86. The van der Waals surface area contributed by atoms with Crippen LogP contribution in [0, 0.1) is 5.82 Å². The summed E-state index contributed by atoms with van der Waals surface area (Å²) in [6, 6.07) is 10.7. The van der Waals surface area contributed by atoms with E-state index in [1.165, 1.54) is 24.5 Å². The standard InChI is InChI=1S/C24H20F4N6O2/c1-34(2)15-4-6-17-20(9-15)31-13-32-22(17)36-16-5-7-19(18(25)10-16)33-23(35)30-12-14-3-8-21(29-11-14)24(26,27)28/h3-11,13H,12H2,1-2H3,(H2,30,33,35). The fourth-order valence-corrected chi connectivity index (χ4v) is 3.20. The second-order valence-electron chi connectivity index (χ2n) is 7.88. The lowest BCUT2D eigenvalue weighted by molar-refractivity contribution is -0.141. The van der Waals surface area contributed by atoms with E-state index < -0.39 is 23.7 Å². The van der Waals surface area contributed by atoms with Gasteiger partial charge in [-0.3, -0.25) is 4.98 Å². The van der Waals surface area contributed by atoms with Crippen LogP contribution < -0.4 is 20.3 Å². The molecule has 4 aromatic rings. The number of amides is 2. The van der Waals surface area contributed by atoms with Crippen LogP contribution in [0.15, 0.2) is 61.1 Å². The van der Waals surface area contributed by atoms with Gasteiger partial charge in [0, 0.05) is 38.6 Å². The molecule has 0 spiro atoms. The first-order valence-electron chi connectivity index (χ1n) is 10.6. The Morgan fingerprint density at radius 2 is 1.83 bits per heavy atom. The number of benzene rings is 2. The molecule has 0 aliphatic heterocycles. The second kappa shape index (κ2) is 10.0. The van der Waals surface area contributed by atoms with Gasteiger partial charge in [-0.05, 0) is 42.0 Å². The molecule has 2 amide bonds. The fourth-order valence-electron chi connectivity index (χ4n) is 3.20. The summed E-state index contributed by atoms with van der Waals surface area (Å²) in [4.78, 5) is 25.7. The van der Waals surface area contributed by atoms with Crippen LogP contribution >= 0.6 is 0 Å². The SMILES string of the molecule is CN(C)c1ccc2c(Oc3ccc(NC(=O)NCc4ccc(C(F)(F)F)nc4)c(F)c3)ncnc2c1. The van der Waals surface area contributed by atoms with Crippen LogP contribution in [-0.2, 0) is 12.7 Å². The first-order chi connectivity index (χ1) is 17.1. The number of urea groups is 1. The van der Waals surface area contributed by atoms with Crippen molar-refractivity contribution in [3.8, 4) is 11.6 Å².